The summed E-state index contributed by atoms with van der Waals surface area (Å²) in [6.07, 6.45) is 4.53. The molecule has 1 unspecified atom stereocenters. The van der Waals surface area contributed by atoms with Crippen molar-refractivity contribution in [2.75, 3.05) is 13.3 Å². The maximum Gasteiger partial charge on any atom is 0.246 e. The summed E-state index contributed by atoms with van der Waals surface area (Å²) in [7, 11) is -1.52. The molecule has 31 heavy (non-hydrogen) atoms. The third-order valence-corrected chi connectivity index (χ3v) is 6.59. The molecule has 3 rings (SSSR count). The highest BCUT2D eigenvalue weighted by molar-refractivity contribution is 7.90. The SMILES string of the molecule is Cc1nn(-c2ccccc2)c(C)c1C=CC(=O)N(C)C(C)c1ccc(S(C)(=O)=O)cc1. The zero-order valence-electron chi connectivity index (χ0n) is 18.4. The lowest BCUT2D eigenvalue weighted by Gasteiger charge is -2.24. The van der Waals surface area contributed by atoms with Gasteiger partial charge in [-0.1, -0.05) is 30.3 Å². The molecule has 1 aromatic heterocycles. The maximum absolute atomic E-state index is 12.8. The van der Waals surface area contributed by atoms with Gasteiger partial charge in [0.1, 0.15) is 0 Å². The predicted octanol–water partition coefficient (Wildman–Crippen LogP) is 4.13. The van der Waals surface area contributed by atoms with Gasteiger partial charge in [0, 0.05) is 30.6 Å². The topological polar surface area (TPSA) is 72.3 Å². The van der Waals surface area contributed by atoms with E-state index in [0.717, 1.165) is 28.2 Å². The molecule has 2 aromatic carbocycles. The molecule has 0 aliphatic heterocycles. The predicted molar refractivity (Wildman–Crippen MR) is 123 cm³/mol. The Bertz CT molecular complexity index is 1210. The Morgan fingerprint density at radius 1 is 1.06 bits per heavy atom. The zero-order chi connectivity index (χ0) is 22.8. The Hall–Kier alpha value is -3.19. The zero-order valence-corrected chi connectivity index (χ0v) is 19.2. The lowest BCUT2D eigenvalue weighted by atomic mass is 10.1. The highest BCUT2D eigenvalue weighted by atomic mass is 32.2. The number of amides is 1. The fourth-order valence-corrected chi connectivity index (χ4v) is 4.03. The van der Waals surface area contributed by atoms with E-state index in [-0.39, 0.29) is 16.8 Å². The van der Waals surface area contributed by atoms with Crippen LogP contribution in [0, 0.1) is 13.8 Å². The minimum atomic E-state index is -3.25. The molecule has 7 heteroatoms. The first-order chi connectivity index (χ1) is 14.6. The smallest absolute Gasteiger partial charge is 0.246 e. The summed E-state index contributed by atoms with van der Waals surface area (Å²) >= 11 is 0. The normalized spacial score (nSPS) is 12.8. The van der Waals surface area contributed by atoms with Crippen LogP contribution in [0.15, 0.2) is 65.6 Å². The number of rotatable bonds is 6. The Kier molecular flexibility index (Phi) is 6.45. The largest absolute Gasteiger partial charge is 0.335 e. The summed E-state index contributed by atoms with van der Waals surface area (Å²) in [6.45, 7) is 5.81. The number of sulfone groups is 1. The van der Waals surface area contributed by atoms with Crippen LogP contribution >= 0.6 is 0 Å². The molecule has 0 fully saturated rings. The van der Waals surface area contributed by atoms with Gasteiger partial charge in [-0.05, 0) is 56.7 Å². The summed E-state index contributed by atoms with van der Waals surface area (Å²) < 4.78 is 25.2. The number of aryl methyl sites for hydroxylation is 1. The Balaban J connectivity index is 1.77. The third-order valence-electron chi connectivity index (χ3n) is 5.46. The van der Waals surface area contributed by atoms with Gasteiger partial charge in [-0.15, -0.1) is 0 Å². The number of aromatic nitrogens is 2. The highest BCUT2D eigenvalue weighted by Gasteiger charge is 2.17. The number of hydrogen-bond acceptors (Lipinski definition) is 4. The standard InChI is InChI=1S/C24H27N3O3S/c1-17-23(19(3)27(25-17)21-9-7-6-8-10-21)15-16-24(28)26(4)18(2)20-11-13-22(14-12-20)31(5,29)30/h6-16,18H,1-5H3. The molecule has 0 aliphatic rings. The number of benzene rings is 2. The molecule has 1 amide bonds. The molecular weight excluding hydrogens is 410 g/mol. The quantitative estimate of drug-likeness (QED) is 0.544. The van der Waals surface area contributed by atoms with Gasteiger partial charge in [-0.2, -0.15) is 5.10 Å². The minimum Gasteiger partial charge on any atom is -0.335 e. The molecule has 0 N–H and O–H groups in total. The summed E-state index contributed by atoms with van der Waals surface area (Å²) in [5.74, 6) is -0.147. The number of likely N-dealkylation sites (N-methyl/N-ethyl adjacent to an activating group) is 1. The summed E-state index contributed by atoms with van der Waals surface area (Å²) in [4.78, 5) is 14.7. The van der Waals surface area contributed by atoms with E-state index < -0.39 is 9.84 Å². The van der Waals surface area contributed by atoms with Gasteiger partial charge in [-0.25, -0.2) is 13.1 Å². The van der Waals surface area contributed by atoms with E-state index in [2.05, 4.69) is 5.10 Å². The summed E-state index contributed by atoms with van der Waals surface area (Å²) in [5, 5.41) is 4.61. The second-order valence-electron chi connectivity index (χ2n) is 7.63. The molecule has 0 saturated carbocycles. The monoisotopic (exact) mass is 437 g/mol. The van der Waals surface area contributed by atoms with E-state index in [1.165, 1.54) is 6.26 Å². The first-order valence-corrected chi connectivity index (χ1v) is 11.8. The number of nitrogens with zero attached hydrogens (tertiary/aromatic N) is 3. The van der Waals surface area contributed by atoms with E-state index >= 15 is 0 Å². The lowest BCUT2D eigenvalue weighted by Crippen LogP contribution is -2.28. The van der Waals surface area contributed by atoms with Crippen LogP contribution in [0.5, 0.6) is 0 Å². The maximum atomic E-state index is 12.8. The highest BCUT2D eigenvalue weighted by Crippen LogP contribution is 2.22. The number of carbonyl (C=O) groups is 1. The number of para-hydroxylation sites is 1. The molecule has 3 aromatic rings. The van der Waals surface area contributed by atoms with E-state index in [4.69, 9.17) is 0 Å². The van der Waals surface area contributed by atoms with Crippen molar-refractivity contribution < 1.29 is 13.2 Å². The molecule has 0 bridgehead atoms. The first-order valence-electron chi connectivity index (χ1n) is 9.96. The van der Waals surface area contributed by atoms with Gasteiger partial charge in [-0.3, -0.25) is 4.79 Å². The summed E-state index contributed by atoms with van der Waals surface area (Å²) in [6, 6.07) is 16.3. The molecule has 6 nitrogen and oxygen atoms in total. The van der Waals surface area contributed by atoms with Crippen LogP contribution in [-0.4, -0.2) is 42.3 Å². The van der Waals surface area contributed by atoms with E-state index in [9.17, 15) is 13.2 Å². The number of carbonyl (C=O) groups excluding carboxylic acids is 1. The second-order valence-corrected chi connectivity index (χ2v) is 9.65. The van der Waals surface area contributed by atoms with Crippen LogP contribution in [0.25, 0.3) is 11.8 Å². The average Bonchev–Trinajstić information content (AvgIpc) is 3.04. The first kappa shape index (κ1) is 22.5. The van der Waals surface area contributed by atoms with Crippen molar-refractivity contribution in [2.45, 2.75) is 31.7 Å². The van der Waals surface area contributed by atoms with E-state index in [1.54, 1.807) is 48.4 Å². The van der Waals surface area contributed by atoms with Crippen molar-refractivity contribution in [3.8, 4) is 5.69 Å². The molecule has 162 valence electrons. The van der Waals surface area contributed by atoms with Crippen LogP contribution in [0.1, 0.15) is 35.5 Å². The van der Waals surface area contributed by atoms with Crippen LogP contribution in [0.4, 0.5) is 0 Å². The molecule has 1 heterocycles. The van der Waals surface area contributed by atoms with E-state index in [0.29, 0.717) is 0 Å². The van der Waals surface area contributed by atoms with Crippen molar-refractivity contribution >= 4 is 21.8 Å². The summed E-state index contributed by atoms with van der Waals surface area (Å²) in [5.41, 5.74) is 4.55. The Labute approximate surface area is 183 Å². The molecule has 0 aliphatic carbocycles. The van der Waals surface area contributed by atoms with Gasteiger partial charge < -0.3 is 4.90 Å². The molecule has 1 atom stereocenters. The van der Waals surface area contributed by atoms with Gasteiger partial charge >= 0.3 is 0 Å². The second kappa shape index (κ2) is 8.89. The van der Waals surface area contributed by atoms with Crippen LogP contribution in [0.3, 0.4) is 0 Å². The van der Waals surface area contributed by atoms with Gasteiger partial charge in [0.25, 0.3) is 0 Å². The molecular formula is C24H27N3O3S. The average molecular weight is 438 g/mol. The Morgan fingerprint density at radius 2 is 1.68 bits per heavy atom. The lowest BCUT2D eigenvalue weighted by molar-refractivity contribution is -0.126. The molecule has 0 saturated heterocycles. The van der Waals surface area contributed by atoms with E-state index in [1.807, 2.05) is 55.8 Å². The van der Waals surface area contributed by atoms with Crippen LogP contribution in [0.2, 0.25) is 0 Å². The Morgan fingerprint density at radius 3 is 2.26 bits per heavy atom. The van der Waals surface area contributed by atoms with Crippen molar-refractivity contribution in [1.82, 2.24) is 14.7 Å². The van der Waals surface area contributed by atoms with Crippen molar-refractivity contribution in [1.29, 1.82) is 0 Å². The van der Waals surface area contributed by atoms with Crippen molar-refractivity contribution in [3.05, 3.63) is 83.2 Å². The fraction of sp³-hybridized carbons (Fsp3) is 0.250. The minimum absolute atomic E-state index is 0.147. The molecule has 0 radical (unpaired) electrons. The van der Waals surface area contributed by atoms with Gasteiger partial charge in [0.2, 0.25) is 5.91 Å². The van der Waals surface area contributed by atoms with Gasteiger partial charge in [0.05, 0.1) is 22.3 Å². The van der Waals surface area contributed by atoms with Crippen molar-refractivity contribution in [3.63, 3.8) is 0 Å². The van der Waals surface area contributed by atoms with Crippen LogP contribution in [-0.2, 0) is 14.6 Å². The fourth-order valence-electron chi connectivity index (χ4n) is 3.40. The van der Waals surface area contributed by atoms with Gasteiger partial charge in [0.15, 0.2) is 9.84 Å². The van der Waals surface area contributed by atoms with Crippen molar-refractivity contribution in [2.24, 2.45) is 0 Å². The van der Waals surface area contributed by atoms with Crippen LogP contribution < -0.4 is 0 Å². The third kappa shape index (κ3) is 4.94. The number of hydrogen-bond donors (Lipinski definition) is 0. The molecule has 0 spiro atoms.